The molecule has 6 heteroatoms. The fourth-order valence-electron chi connectivity index (χ4n) is 2.14. The highest BCUT2D eigenvalue weighted by atomic mass is 32.1. The van der Waals surface area contributed by atoms with Crippen molar-refractivity contribution in [2.75, 3.05) is 17.7 Å². The first kappa shape index (κ1) is 12.8. The molecule has 2 N–H and O–H groups in total. The molecule has 5 nitrogen and oxygen atoms in total. The van der Waals surface area contributed by atoms with Gasteiger partial charge in [0.2, 0.25) is 5.95 Å². The maximum atomic E-state index is 5.81. The molecular formula is C14H15N5S. The number of anilines is 2. The predicted octanol–water partition coefficient (Wildman–Crippen LogP) is 2.61. The maximum Gasteiger partial charge on any atom is 0.223 e. The molecule has 0 fully saturated rings. The normalized spacial score (nSPS) is 10.9. The van der Waals surface area contributed by atoms with Gasteiger partial charge in [-0.3, -0.25) is 4.98 Å². The van der Waals surface area contributed by atoms with Crippen LogP contribution in [0.1, 0.15) is 10.6 Å². The standard InChI is InChI=1S/C14H15N5S/c1-9-7-11-12(17-14(15)18-13(11)20-9)19(2)8-10-5-3-4-6-16-10/h3-7H,8H2,1-2H3,(H2,15,17,18). The predicted molar refractivity (Wildman–Crippen MR) is 82.9 cm³/mol. The summed E-state index contributed by atoms with van der Waals surface area (Å²) in [7, 11) is 1.99. The zero-order valence-electron chi connectivity index (χ0n) is 11.4. The first-order chi connectivity index (χ1) is 9.63. The SMILES string of the molecule is Cc1cc2c(N(C)Cc3ccccn3)nc(N)nc2s1. The smallest absolute Gasteiger partial charge is 0.223 e. The van der Waals surface area contributed by atoms with E-state index in [2.05, 4.69) is 32.8 Å². The molecule has 0 saturated carbocycles. The van der Waals surface area contributed by atoms with Crippen LogP contribution in [0.3, 0.4) is 0 Å². The zero-order valence-corrected chi connectivity index (χ0v) is 12.2. The summed E-state index contributed by atoms with van der Waals surface area (Å²) in [5, 5.41) is 1.04. The summed E-state index contributed by atoms with van der Waals surface area (Å²) < 4.78 is 0. The molecular weight excluding hydrogens is 270 g/mol. The van der Waals surface area contributed by atoms with E-state index in [-0.39, 0.29) is 0 Å². The number of pyridine rings is 1. The van der Waals surface area contributed by atoms with Crippen molar-refractivity contribution in [2.45, 2.75) is 13.5 Å². The molecule has 3 heterocycles. The zero-order chi connectivity index (χ0) is 14.1. The average molecular weight is 285 g/mol. The lowest BCUT2D eigenvalue weighted by Crippen LogP contribution is -2.19. The lowest BCUT2D eigenvalue weighted by molar-refractivity contribution is 0.870. The van der Waals surface area contributed by atoms with Crippen molar-refractivity contribution < 1.29 is 0 Å². The molecule has 102 valence electrons. The Morgan fingerprint density at radius 2 is 2.15 bits per heavy atom. The number of aromatic nitrogens is 3. The van der Waals surface area contributed by atoms with Crippen molar-refractivity contribution in [1.82, 2.24) is 15.0 Å². The van der Waals surface area contributed by atoms with Gasteiger partial charge in [-0.05, 0) is 25.1 Å². The van der Waals surface area contributed by atoms with E-state index in [1.165, 1.54) is 4.88 Å². The van der Waals surface area contributed by atoms with Gasteiger partial charge >= 0.3 is 0 Å². The molecule has 20 heavy (non-hydrogen) atoms. The van der Waals surface area contributed by atoms with Crippen LogP contribution in [-0.2, 0) is 6.54 Å². The van der Waals surface area contributed by atoms with E-state index in [0.717, 1.165) is 21.7 Å². The molecule has 3 aromatic rings. The highest BCUT2D eigenvalue weighted by Crippen LogP contribution is 2.31. The van der Waals surface area contributed by atoms with Crippen LogP contribution in [-0.4, -0.2) is 22.0 Å². The van der Waals surface area contributed by atoms with Crippen LogP contribution in [0, 0.1) is 6.92 Å². The fraction of sp³-hybridized carbons (Fsp3) is 0.214. The average Bonchev–Trinajstić information content (AvgIpc) is 2.78. The molecule has 0 aliphatic heterocycles. The van der Waals surface area contributed by atoms with Crippen molar-refractivity contribution in [2.24, 2.45) is 0 Å². The highest BCUT2D eigenvalue weighted by Gasteiger charge is 2.13. The Labute approximate surface area is 121 Å². The van der Waals surface area contributed by atoms with Gasteiger partial charge in [-0.1, -0.05) is 6.07 Å². The number of hydrogen-bond acceptors (Lipinski definition) is 6. The summed E-state index contributed by atoms with van der Waals surface area (Å²) in [5.41, 5.74) is 6.80. The summed E-state index contributed by atoms with van der Waals surface area (Å²) in [5.74, 6) is 1.16. The third kappa shape index (κ3) is 2.42. The van der Waals surface area contributed by atoms with E-state index in [1.807, 2.05) is 25.2 Å². The van der Waals surface area contributed by atoms with Crippen LogP contribution in [0.2, 0.25) is 0 Å². The first-order valence-corrected chi connectivity index (χ1v) is 7.10. The highest BCUT2D eigenvalue weighted by molar-refractivity contribution is 7.18. The molecule has 0 radical (unpaired) electrons. The second kappa shape index (κ2) is 5.05. The Kier molecular flexibility index (Phi) is 3.23. The minimum Gasteiger partial charge on any atom is -0.368 e. The maximum absolute atomic E-state index is 5.81. The number of aryl methyl sites for hydroxylation is 1. The van der Waals surface area contributed by atoms with Crippen molar-refractivity contribution in [1.29, 1.82) is 0 Å². The topological polar surface area (TPSA) is 67.9 Å². The fourth-order valence-corrected chi connectivity index (χ4v) is 3.02. The van der Waals surface area contributed by atoms with Crippen LogP contribution < -0.4 is 10.6 Å². The molecule has 0 amide bonds. The van der Waals surface area contributed by atoms with Crippen molar-refractivity contribution in [3.63, 3.8) is 0 Å². The lowest BCUT2D eigenvalue weighted by atomic mass is 10.3. The summed E-state index contributed by atoms with van der Waals surface area (Å²) in [6.45, 7) is 2.74. The van der Waals surface area contributed by atoms with Gasteiger partial charge in [-0.25, -0.2) is 4.98 Å². The molecule has 0 aliphatic rings. The quantitative estimate of drug-likeness (QED) is 0.801. The molecule has 0 atom stereocenters. The lowest BCUT2D eigenvalue weighted by Gasteiger charge is -2.18. The van der Waals surface area contributed by atoms with E-state index >= 15 is 0 Å². The number of rotatable bonds is 3. The van der Waals surface area contributed by atoms with Gasteiger partial charge in [0.15, 0.2) is 0 Å². The van der Waals surface area contributed by atoms with Crippen LogP contribution in [0.4, 0.5) is 11.8 Å². The van der Waals surface area contributed by atoms with Gasteiger partial charge < -0.3 is 10.6 Å². The van der Waals surface area contributed by atoms with E-state index in [4.69, 9.17) is 5.73 Å². The minimum atomic E-state index is 0.308. The van der Waals surface area contributed by atoms with Gasteiger partial charge in [-0.15, -0.1) is 11.3 Å². The molecule has 3 aromatic heterocycles. The van der Waals surface area contributed by atoms with Gasteiger partial charge in [0.25, 0.3) is 0 Å². The van der Waals surface area contributed by atoms with E-state index in [1.54, 1.807) is 17.5 Å². The molecule has 0 bridgehead atoms. The van der Waals surface area contributed by atoms with Gasteiger partial charge in [0.1, 0.15) is 10.6 Å². The Bertz CT molecular complexity index is 738. The summed E-state index contributed by atoms with van der Waals surface area (Å²) >= 11 is 1.63. The largest absolute Gasteiger partial charge is 0.368 e. The number of fused-ring (bicyclic) bond motifs is 1. The Morgan fingerprint density at radius 1 is 1.30 bits per heavy atom. The van der Waals surface area contributed by atoms with E-state index in [0.29, 0.717) is 12.5 Å². The molecule has 3 rings (SSSR count). The summed E-state index contributed by atoms with van der Waals surface area (Å²) in [4.78, 5) is 17.2. The van der Waals surface area contributed by atoms with Crippen molar-refractivity contribution in [3.05, 3.63) is 41.0 Å². The molecule has 0 aliphatic carbocycles. The van der Waals surface area contributed by atoms with Crippen LogP contribution in [0.15, 0.2) is 30.5 Å². The second-order valence-corrected chi connectivity index (χ2v) is 5.89. The monoisotopic (exact) mass is 285 g/mol. The third-order valence-electron chi connectivity index (χ3n) is 3.00. The van der Waals surface area contributed by atoms with Crippen LogP contribution in [0.5, 0.6) is 0 Å². The Hall–Kier alpha value is -2.21. The Balaban J connectivity index is 2.00. The third-order valence-corrected chi connectivity index (χ3v) is 3.94. The van der Waals surface area contributed by atoms with E-state index < -0.39 is 0 Å². The molecule has 0 aromatic carbocycles. The van der Waals surface area contributed by atoms with Gasteiger partial charge in [0, 0.05) is 18.1 Å². The van der Waals surface area contributed by atoms with Crippen molar-refractivity contribution >= 4 is 33.3 Å². The van der Waals surface area contributed by atoms with Gasteiger partial charge in [0.05, 0.1) is 17.6 Å². The number of nitrogen functional groups attached to an aromatic ring is 1. The number of nitrogens with two attached hydrogens (primary N) is 1. The van der Waals surface area contributed by atoms with Crippen molar-refractivity contribution in [3.8, 4) is 0 Å². The Morgan fingerprint density at radius 3 is 2.90 bits per heavy atom. The van der Waals surface area contributed by atoms with Gasteiger partial charge in [-0.2, -0.15) is 4.98 Å². The summed E-state index contributed by atoms with van der Waals surface area (Å²) in [6, 6.07) is 7.99. The second-order valence-electron chi connectivity index (χ2n) is 4.66. The van der Waals surface area contributed by atoms with Crippen LogP contribution in [0.25, 0.3) is 10.2 Å². The minimum absolute atomic E-state index is 0.308. The molecule has 0 saturated heterocycles. The molecule has 0 unspecified atom stereocenters. The number of hydrogen-bond donors (Lipinski definition) is 1. The number of nitrogens with zero attached hydrogens (tertiary/aromatic N) is 4. The van der Waals surface area contributed by atoms with Crippen LogP contribution >= 0.6 is 11.3 Å². The molecule has 0 spiro atoms. The summed E-state index contributed by atoms with van der Waals surface area (Å²) in [6.07, 6.45) is 1.79. The first-order valence-electron chi connectivity index (χ1n) is 6.28. The van der Waals surface area contributed by atoms with E-state index in [9.17, 15) is 0 Å². The number of thiophene rings is 1.